The smallest absolute Gasteiger partial charge is 0.128 e. The van der Waals surface area contributed by atoms with Gasteiger partial charge in [-0.1, -0.05) is 184 Å². The first-order valence-corrected chi connectivity index (χ1v) is 24.7. The molecule has 10 rings (SSSR count). The molecule has 0 unspecified atom stereocenters. The molecule has 361 valence electrons. The minimum Gasteiger partial charge on any atom is -0.500 e. The molecule has 3 aromatic heterocycles. The van der Waals surface area contributed by atoms with Gasteiger partial charge in [-0.3, -0.25) is 0 Å². The Hall–Kier alpha value is -4.89. The van der Waals surface area contributed by atoms with Gasteiger partial charge in [-0.25, -0.2) is 0 Å². The molecule has 1 radical (unpaired) electrons. The van der Waals surface area contributed by atoms with Gasteiger partial charge in [-0.05, 0) is 130 Å². The van der Waals surface area contributed by atoms with Crippen LogP contribution < -0.4 is 0 Å². The summed E-state index contributed by atoms with van der Waals surface area (Å²) in [5.41, 5.74) is 5.28. The molecule has 0 N–H and O–H groups in total. The zero-order chi connectivity index (χ0) is 56.6. The third-order valence-corrected chi connectivity index (χ3v) is 13.4. The molecule has 0 amide bonds. The molecule has 2 aliphatic rings. The molecule has 0 atom stereocenters. The summed E-state index contributed by atoms with van der Waals surface area (Å²) in [5, 5.41) is 4.28. The number of pyridine rings is 2. The predicted molar refractivity (Wildman–Crippen MR) is 288 cm³/mol. The maximum Gasteiger partial charge on any atom is 0.128 e. The summed E-state index contributed by atoms with van der Waals surface area (Å²) >= 11 is 0. The number of hydrogen-bond acceptors (Lipinski definition) is 3. The van der Waals surface area contributed by atoms with Gasteiger partial charge in [0.15, 0.2) is 0 Å². The number of benzene rings is 5. The molecular weight excluding hydrogens is 1020 g/mol. The van der Waals surface area contributed by atoms with E-state index in [1.165, 1.54) is 44.4 Å². The fraction of sp³-hybridized carbons (Fsp3) is 0.415. The monoisotopic (exact) mass is 1100 g/mol. The van der Waals surface area contributed by atoms with Crippen LogP contribution in [0.2, 0.25) is 0 Å². The van der Waals surface area contributed by atoms with Crippen molar-refractivity contribution in [3.63, 3.8) is 0 Å². The van der Waals surface area contributed by atoms with Crippen molar-refractivity contribution in [2.75, 3.05) is 0 Å². The van der Waals surface area contributed by atoms with E-state index in [9.17, 15) is 4.11 Å². The Kier molecular flexibility index (Phi) is 11.5. The van der Waals surface area contributed by atoms with Crippen molar-refractivity contribution in [3.8, 4) is 33.6 Å². The summed E-state index contributed by atoms with van der Waals surface area (Å²) in [5.74, 6) is -0.855. The van der Waals surface area contributed by atoms with Crippen LogP contribution in [0.15, 0.2) is 120 Å². The van der Waals surface area contributed by atoms with E-state index in [-0.39, 0.29) is 36.8 Å². The summed E-state index contributed by atoms with van der Waals surface area (Å²) in [6.45, 7) is 14.2. The maximum atomic E-state index is 9.86. The van der Waals surface area contributed by atoms with Crippen LogP contribution in [-0.2, 0) is 39.2 Å². The second-order valence-corrected chi connectivity index (χ2v) is 22.4. The van der Waals surface area contributed by atoms with Gasteiger partial charge in [0.05, 0.1) is 5.58 Å². The first-order valence-electron chi connectivity index (χ1n) is 29.7. The Labute approximate surface area is 441 Å². The van der Waals surface area contributed by atoms with E-state index in [1.807, 2.05) is 81.4 Å². The second-order valence-electron chi connectivity index (χ2n) is 22.4. The van der Waals surface area contributed by atoms with Crippen molar-refractivity contribution >= 4 is 32.7 Å². The number of furan rings is 1. The van der Waals surface area contributed by atoms with Crippen LogP contribution in [0, 0.1) is 40.6 Å². The predicted octanol–water partition coefficient (Wildman–Crippen LogP) is 18.5. The average molecular weight is 1100 g/mol. The fourth-order valence-electron chi connectivity index (χ4n) is 10.3. The Morgan fingerprint density at radius 1 is 0.652 bits per heavy atom. The normalized spacial score (nSPS) is 19.0. The molecule has 5 aromatic carbocycles. The van der Waals surface area contributed by atoms with Crippen LogP contribution in [0.5, 0.6) is 0 Å². The Morgan fingerprint density at radius 2 is 1.29 bits per heavy atom. The molecule has 0 aliphatic heterocycles. The van der Waals surface area contributed by atoms with Gasteiger partial charge in [-0.2, -0.15) is 0 Å². The molecule has 69 heavy (non-hydrogen) atoms. The van der Waals surface area contributed by atoms with Gasteiger partial charge >= 0.3 is 0 Å². The molecule has 3 heterocycles. The van der Waals surface area contributed by atoms with Crippen LogP contribution in [0.4, 0.5) is 0 Å². The van der Waals surface area contributed by atoms with Crippen molar-refractivity contribution < 1.29 is 38.2 Å². The minimum atomic E-state index is -2.34. The molecule has 0 saturated heterocycles. The molecule has 4 heteroatoms. The van der Waals surface area contributed by atoms with Crippen molar-refractivity contribution in [1.29, 1.82) is 0 Å². The number of nitrogens with zero attached hydrogens (tertiary/aromatic N) is 2. The van der Waals surface area contributed by atoms with Crippen LogP contribution in [-0.4, -0.2) is 9.97 Å². The van der Waals surface area contributed by atoms with Crippen LogP contribution in [0.1, 0.15) is 168 Å². The Bertz CT molecular complexity index is 3490. The number of rotatable bonds is 7. The maximum absolute atomic E-state index is 9.86. The van der Waals surface area contributed by atoms with Crippen LogP contribution >= 0.6 is 0 Å². The third-order valence-electron chi connectivity index (χ3n) is 13.4. The molecule has 8 aromatic rings. The zero-order valence-electron chi connectivity index (χ0n) is 52.0. The summed E-state index contributed by atoms with van der Waals surface area (Å²) in [6, 6.07) is 38.9. The van der Waals surface area contributed by atoms with Gasteiger partial charge in [0, 0.05) is 57.0 Å². The topological polar surface area (TPSA) is 38.9 Å². The third kappa shape index (κ3) is 11.8. The number of fused-ring (bicyclic) bond motifs is 5. The van der Waals surface area contributed by atoms with E-state index in [4.69, 9.17) is 19.0 Å². The molecule has 2 aliphatic carbocycles. The largest absolute Gasteiger partial charge is 0.500 e. The second kappa shape index (κ2) is 20.4. The van der Waals surface area contributed by atoms with E-state index in [0.717, 1.165) is 75.1 Å². The van der Waals surface area contributed by atoms with Crippen molar-refractivity contribution in [2.45, 2.75) is 152 Å². The quantitative estimate of drug-likeness (QED) is 0.149. The van der Waals surface area contributed by atoms with Crippen molar-refractivity contribution in [1.82, 2.24) is 9.97 Å². The standard InChI is InChI=1S/C37H40NO.C28H34N.Ir/c1-36(2,3)23-27-24-38-33(22-32(27)26-16-20-37(21-17-26)18-7-4-8-19-37)31-13-9-12-29-30-15-14-25-10-5-6-11-28(25)34(30)39-35(29)31;1-20-13-14-22(15-25(20)21-11-9-8-10-12-21)26-16-23(17-27(2,3)4)24(19-29-26)18-28(5,6)7;/h5-6,9-12,14-15,22,24,26H,4,7-8,16-21,23H2,1-3H3;8-13,15-16,19H,17-18H2,1-7H3;/q2*-1;/i23D2,26D;1D3,17D2,18D2;. The Morgan fingerprint density at radius 3 is 2.00 bits per heavy atom. The number of hydrogen-bond donors (Lipinski definition) is 0. The average Bonchev–Trinajstić information content (AvgIpc) is 3.82. The summed E-state index contributed by atoms with van der Waals surface area (Å²) in [4.78, 5) is 9.40. The minimum absolute atomic E-state index is 0. The number of aryl methyl sites for hydroxylation is 1. The molecule has 2 saturated carbocycles. The van der Waals surface area contributed by atoms with E-state index in [0.29, 0.717) is 33.5 Å². The van der Waals surface area contributed by atoms with Crippen molar-refractivity contribution in [2.24, 2.45) is 21.7 Å². The molecule has 0 bridgehead atoms. The van der Waals surface area contributed by atoms with E-state index in [1.54, 1.807) is 59.9 Å². The van der Waals surface area contributed by atoms with E-state index < -0.39 is 48.1 Å². The van der Waals surface area contributed by atoms with Gasteiger partial charge in [0.1, 0.15) is 5.58 Å². The SMILES string of the molecule is [2H]C([2H])([2H])c1c[c-]c(-c2cc(C([2H])([2H])C(C)(C)C)c(C([2H])([2H])C(C)(C)C)cn2)cc1-c1ccccc1.[2H]C1(c2cc(-c3[c-]ccc4c3oc3c5ccccc5ccc43)ncc2C([2H])([2H])C(C)(C)C)CCC2(CCCCC2)CC1.[Ir]. The number of aromatic nitrogens is 2. The first kappa shape index (κ1) is 38.8. The zero-order valence-corrected chi connectivity index (χ0v) is 44.4. The van der Waals surface area contributed by atoms with Gasteiger partial charge in [0.2, 0.25) is 0 Å². The van der Waals surface area contributed by atoms with E-state index >= 15 is 0 Å². The molecule has 2 fully saturated rings. The van der Waals surface area contributed by atoms with Gasteiger partial charge < -0.3 is 14.4 Å². The van der Waals surface area contributed by atoms with Crippen LogP contribution in [0.3, 0.4) is 0 Å². The first-order chi connectivity index (χ1) is 36.3. The molecule has 1 spiro atoms. The van der Waals surface area contributed by atoms with Crippen molar-refractivity contribution in [3.05, 3.63) is 155 Å². The van der Waals surface area contributed by atoms with Crippen LogP contribution in [0.25, 0.3) is 66.4 Å². The molecular formula is C65H74IrN2O-2. The molecule has 3 nitrogen and oxygen atoms in total. The summed E-state index contributed by atoms with van der Waals surface area (Å²) < 4.78 is 94.5. The summed E-state index contributed by atoms with van der Waals surface area (Å²) in [7, 11) is 0. The summed E-state index contributed by atoms with van der Waals surface area (Å²) in [6.07, 6.45) is 7.86. The van der Waals surface area contributed by atoms with Gasteiger partial charge in [0.25, 0.3) is 0 Å². The fourth-order valence-corrected chi connectivity index (χ4v) is 10.3. The van der Waals surface area contributed by atoms with E-state index in [2.05, 4.69) is 41.4 Å². The van der Waals surface area contributed by atoms with Gasteiger partial charge in [-0.15, -0.1) is 47.5 Å². The Balaban J connectivity index is 0.000000208.